The Morgan fingerprint density at radius 1 is 1.14 bits per heavy atom. The molecule has 3 rings (SSSR count). The quantitative estimate of drug-likeness (QED) is 0.867. The zero-order chi connectivity index (χ0) is 14.8. The Kier molecular flexibility index (Phi) is 3.93. The molecule has 0 heterocycles. The molecule has 3 nitrogen and oxygen atoms in total. The van der Waals surface area contributed by atoms with E-state index in [4.69, 9.17) is 0 Å². The van der Waals surface area contributed by atoms with Gasteiger partial charge in [0.1, 0.15) is 6.04 Å². The number of carbonyl (C=O) groups excluding carboxylic acids is 1. The minimum atomic E-state index is -0.0560. The highest BCUT2D eigenvalue weighted by atomic mass is 16.2. The third kappa shape index (κ3) is 3.24. The van der Waals surface area contributed by atoms with Crippen molar-refractivity contribution in [3.8, 4) is 0 Å². The fraction of sp³-hybridized carbons (Fsp3) is 0.389. The van der Waals surface area contributed by atoms with Crippen molar-refractivity contribution in [1.82, 2.24) is 5.32 Å². The van der Waals surface area contributed by atoms with Gasteiger partial charge < -0.3 is 10.6 Å². The summed E-state index contributed by atoms with van der Waals surface area (Å²) in [5, 5.41) is 7.76. The maximum atomic E-state index is 12.1. The fourth-order valence-electron chi connectivity index (χ4n) is 2.83. The molecule has 2 aromatic rings. The van der Waals surface area contributed by atoms with E-state index in [0.717, 1.165) is 12.8 Å². The average molecular weight is 283 g/mol. The first-order valence-corrected chi connectivity index (χ1v) is 7.78. The second-order valence-electron chi connectivity index (χ2n) is 6.12. The van der Waals surface area contributed by atoms with Gasteiger partial charge in [-0.2, -0.15) is 0 Å². The molecule has 0 aromatic heterocycles. The molecule has 0 unspecified atom stereocenters. The lowest BCUT2D eigenvalue weighted by molar-refractivity contribution is -0.710. The lowest BCUT2D eigenvalue weighted by atomic mass is 9.99. The summed E-state index contributed by atoms with van der Waals surface area (Å²) in [7, 11) is 0. The summed E-state index contributed by atoms with van der Waals surface area (Å²) in [6.45, 7) is 4.15. The molecule has 3 N–H and O–H groups in total. The van der Waals surface area contributed by atoms with Crippen LogP contribution in [0.3, 0.4) is 0 Å². The minimum Gasteiger partial charge on any atom is -0.348 e. The topological polar surface area (TPSA) is 45.7 Å². The number of carbonyl (C=O) groups is 1. The number of nitrogens with two attached hydrogens (primary N) is 1. The van der Waals surface area contributed by atoms with Gasteiger partial charge in [-0.25, -0.2) is 0 Å². The summed E-state index contributed by atoms with van der Waals surface area (Å²) in [5.41, 5.74) is 1.29. The van der Waals surface area contributed by atoms with Crippen molar-refractivity contribution in [1.29, 1.82) is 0 Å². The van der Waals surface area contributed by atoms with Crippen molar-refractivity contribution in [2.75, 3.05) is 0 Å². The third-order valence-corrected chi connectivity index (χ3v) is 4.23. The van der Waals surface area contributed by atoms with Crippen LogP contribution in [0.4, 0.5) is 0 Å². The predicted octanol–water partition coefficient (Wildman–Crippen LogP) is 2.13. The number of quaternary nitrogens is 1. The van der Waals surface area contributed by atoms with Crippen LogP contribution in [0.25, 0.3) is 10.8 Å². The maximum Gasteiger partial charge on any atom is 0.278 e. The van der Waals surface area contributed by atoms with E-state index in [1.807, 2.05) is 6.92 Å². The van der Waals surface area contributed by atoms with E-state index >= 15 is 0 Å². The summed E-state index contributed by atoms with van der Waals surface area (Å²) >= 11 is 0. The van der Waals surface area contributed by atoms with Gasteiger partial charge in [-0.3, -0.25) is 4.79 Å². The van der Waals surface area contributed by atoms with Gasteiger partial charge in [-0.1, -0.05) is 42.5 Å². The van der Waals surface area contributed by atoms with Crippen molar-refractivity contribution in [3.63, 3.8) is 0 Å². The van der Waals surface area contributed by atoms with E-state index in [9.17, 15) is 4.79 Å². The van der Waals surface area contributed by atoms with E-state index in [-0.39, 0.29) is 18.0 Å². The molecule has 110 valence electrons. The second kappa shape index (κ2) is 5.86. The normalized spacial score (nSPS) is 17.4. The molecular weight excluding hydrogens is 260 g/mol. The molecule has 1 aliphatic rings. The highest BCUT2D eigenvalue weighted by Crippen LogP contribution is 2.22. The number of amides is 1. The Hall–Kier alpha value is -1.87. The summed E-state index contributed by atoms with van der Waals surface area (Å²) in [6.07, 6.45) is 2.27. The van der Waals surface area contributed by atoms with Crippen LogP contribution in [-0.4, -0.2) is 18.0 Å². The lowest BCUT2D eigenvalue weighted by Gasteiger charge is -2.18. The van der Waals surface area contributed by atoms with Gasteiger partial charge in [0.2, 0.25) is 0 Å². The smallest absolute Gasteiger partial charge is 0.278 e. The molecule has 0 saturated heterocycles. The van der Waals surface area contributed by atoms with Crippen molar-refractivity contribution in [2.45, 2.75) is 44.8 Å². The molecule has 3 heteroatoms. The molecule has 2 atom stereocenters. The Balaban J connectivity index is 1.74. The molecule has 0 bridgehead atoms. The molecule has 1 saturated carbocycles. The van der Waals surface area contributed by atoms with Crippen LogP contribution in [0.15, 0.2) is 42.5 Å². The van der Waals surface area contributed by atoms with Crippen LogP contribution in [0.2, 0.25) is 0 Å². The Morgan fingerprint density at radius 2 is 1.86 bits per heavy atom. The van der Waals surface area contributed by atoms with Crippen molar-refractivity contribution in [2.24, 2.45) is 0 Å². The molecule has 1 amide bonds. The zero-order valence-corrected chi connectivity index (χ0v) is 12.7. The molecule has 1 fully saturated rings. The van der Waals surface area contributed by atoms with Gasteiger partial charge in [0.25, 0.3) is 5.91 Å². The Bertz CT molecular complexity index is 643. The highest BCUT2D eigenvalue weighted by molar-refractivity contribution is 5.86. The minimum absolute atomic E-state index is 0.0560. The van der Waals surface area contributed by atoms with Crippen LogP contribution < -0.4 is 10.6 Å². The first-order chi connectivity index (χ1) is 10.1. The number of nitrogens with one attached hydrogen (secondary N) is 1. The van der Waals surface area contributed by atoms with Gasteiger partial charge in [-0.05, 0) is 37.5 Å². The average Bonchev–Trinajstić information content (AvgIpc) is 3.30. The van der Waals surface area contributed by atoms with Crippen molar-refractivity contribution in [3.05, 3.63) is 48.0 Å². The van der Waals surface area contributed by atoms with Gasteiger partial charge in [0, 0.05) is 11.6 Å². The largest absolute Gasteiger partial charge is 0.348 e. The molecule has 2 aromatic carbocycles. The summed E-state index contributed by atoms with van der Waals surface area (Å²) in [5.74, 6) is 0.157. The Labute approximate surface area is 125 Å². The summed E-state index contributed by atoms with van der Waals surface area (Å²) in [4.78, 5) is 12.1. The van der Waals surface area contributed by atoms with Gasteiger partial charge in [-0.15, -0.1) is 0 Å². The van der Waals surface area contributed by atoms with Gasteiger partial charge in [0.15, 0.2) is 6.04 Å². The number of benzene rings is 2. The molecule has 0 aliphatic heterocycles. The van der Waals surface area contributed by atoms with Crippen LogP contribution >= 0.6 is 0 Å². The molecule has 0 spiro atoms. The van der Waals surface area contributed by atoms with E-state index in [2.05, 4.69) is 60.0 Å². The van der Waals surface area contributed by atoms with E-state index < -0.39 is 0 Å². The van der Waals surface area contributed by atoms with Crippen LogP contribution in [0.5, 0.6) is 0 Å². The SMILES string of the molecule is C[C@H]([NH2+][C@H](C)c1cccc2ccccc12)C(=O)NC1CC1. The van der Waals surface area contributed by atoms with Crippen molar-refractivity contribution < 1.29 is 10.1 Å². The number of rotatable bonds is 5. The lowest BCUT2D eigenvalue weighted by Crippen LogP contribution is -2.92. The first kappa shape index (κ1) is 14.1. The molecule has 0 radical (unpaired) electrons. The summed E-state index contributed by atoms with van der Waals surface area (Å²) in [6, 6.07) is 15.4. The second-order valence-corrected chi connectivity index (χ2v) is 6.12. The van der Waals surface area contributed by atoms with E-state index in [0.29, 0.717) is 6.04 Å². The highest BCUT2D eigenvalue weighted by Gasteiger charge is 2.28. The van der Waals surface area contributed by atoms with Crippen LogP contribution in [0.1, 0.15) is 38.3 Å². The number of hydrogen-bond acceptors (Lipinski definition) is 1. The van der Waals surface area contributed by atoms with Crippen LogP contribution in [0, 0.1) is 0 Å². The molecule has 21 heavy (non-hydrogen) atoms. The van der Waals surface area contributed by atoms with E-state index in [1.54, 1.807) is 0 Å². The number of fused-ring (bicyclic) bond motifs is 1. The predicted molar refractivity (Wildman–Crippen MR) is 84.9 cm³/mol. The van der Waals surface area contributed by atoms with E-state index in [1.165, 1.54) is 16.3 Å². The van der Waals surface area contributed by atoms with Gasteiger partial charge in [0.05, 0.1) is 0 Å². The fourth-order valence-corrected chi connectivity index (χ4v) is 2.83. The Morgan fingerprint density at radius 3 is 2.62 bits per heavy atom. The monoisotopic (exact) mass is 283 g/mol. The third-order valence-electron chi connectivity index (χ3n) is 4.23. The number of hydrogen-bond donors (Lipinski definition) is 2. The molecular formula is C18H23N2O+. The van der Waals surface area contributed by atoms with Crippen LogP contribution in [-0.2, 0) is 4.79 Å². The first-order valence-electron chi connectivity index (χ1n) is 7.78. The summed E-state index contributed by atoms with van der Waals surface area (Å²) < 4.78 is 0. The van der Waals surface area contributed by atoms with Crippen molar-refractivity contribution >= 4 is 16.7 Å². The maximum absolute atomic E-state index is 12.1. The van der Waals surface area contributed by atoms with Gasteiger partial charge >= 0.3 is 0 Å². The zero-order valence-electron chi connectivity index (χ0n) is 12.7. The standard InChI is InChI=1S/C18H22N2O/c1-12(19-13(2)18(21)20-15-10-11-15)16-9-5-7-14-6-3-4-8-17(14)16/h3-9,12-13,15,19H,10-11H2,1-2H3,(H,20,21)/p+1/t12-,13+/m1/s1. The molecule has 1 aliphatic carbocycles.